The van der Waals surface area contributed by atoms with E-state index in [1.54, 1.807) is 43.5 Å². The van der Waals surface area contributed by atoms with Gasteiger partial charge in [0, 0.05) is 24.0 Å². The van der Waals surface area contributed by atoms with Crippen molar-refractivity contribution in [1.82, 2.24) is 29.8 Å². The van der Waals surface area contributed by atoms with Crippen LogP contribution in [0, 0.1) is 0 Å². The molecule has 11 nitrogen and oxygen atoms in total. The van der Waals surface area contributed by atoms with Crippen molar-refractivity contribution >= 4 is 34.5 Å². The van der Waals surface area contributed by atoms with Crippen LogP contribution in [0.1, 0.15) is 24.0 Å². The lowest BCUT2D eigenvalue weighted by atomic mass is 9.93. The summed E-state index contributed by atoms with van der Waals surface area (Å²) in [7, 11) is 1.55. The number of aromatic nitrogens is 4. The average Bonchev–Trinajstić information content (AvgIpc) is 3.82. The second kappa shape index (κ2) is 11.8. The Labute approximate surface area is 266 Å². The molecular formula is C33H30F3N7O4. The van der Waals surface area contributed by atoms with Gasteiger partial charge in [0.1, 0.15) is 18.4 Å². The number of para-hydroxylation sites is 1. The molecule has 2 aromatic heterocycles. The van der Waals surface area contributed by atoms with E-state index in [1.807, 2.05) is 30.3 Å². The van der Waals surface area contributed by atoms with E-state index in [2.05, 4.69) is 20.7 Å². The molecule has 0 unspecified atom stereocenters. The van der Waals surface area contributed by atoms with Gasteiger partial charge < -0.3 is 25.0 Å². The molecule has 5 aromatic rings. The molecule has 1 saturated carbocycles. The molecule has 3 aromatic carbocycles. The molecule has 47 heavy (non-hydrogen) atoms. The molecule has 3 heterocycles. The summed E-state index contributed by atoms with van der Waals surface area (Å²) < 4.78 is 55.3. The van der Waals surface area contributed by atoms with E-state index in [0.717, 1.165) is 5.56 Å². The lowest BCUT2D eigenvalue weighted by Crippen LogP contribution is -2.44. The molecule has 2 amide bonds. The molecule has 0 bridgehead atoms. The molecular weight excluding hydrogens is 615 g/mol. The summed E-state index contributed by atoms with van der Waals surface area (Å²) in [5.41, 5.74) is -0.163. The number of amides is 2. The number of nitrogens with one attached hydrogen (secondary N) is 2. The topological polar surface area (TPSA) is 123 Å². The molecule has 1 atom stereocenters. The van der Waals surface area contributed by atoms with Crippen LogP contribution in [0.25, 0.3) is 27.9 Å². The van der Waals surface area contributed by atoms with Crippen LogP contribution in [-0.4, -0.2) is 75.4 Å². The first kappa shape index (κ1) is 30.3. The van der Waals surface area contributed by atoms with E-state index in [-0.39, 0.29) is 61.8 Å². The van der Waals surface area contributed by atoms with Gasteiger partial charge in [-0.1, -0.05) is 42.5 Å². The number of ether oxygens (including phenoxy) is 2. The van der Waals surface area contributed by atoms with Crippen molar-refractivity contribution < 1.29 is 32.2 Å². The molecule has 7 rings (SSSR count). The zero-order valence-corrected chi connectivity index (χ0v) is 25.3. The summed E-state index contributed by atoms with van der Waals surface area (Å²) in [5, 5.41) is 10.9. The Bertz CT molecular complexity index is 1960. The van der Waals surface area contributed by atoms with Crippen LogP contribution in [0.4, 0.5) is 23.9 Å². The number of carbonyl (C=O) groups excluding carboxylic acids is 2. The van der Waals surface area contributed by atoms with Gasteiger partial charge in [-0.05, 0) is 54.3 Å². The minimum Gasteiger partial charge on any atom is -0.497 e. The van der Waals surface area contributed by atoms with Gasteiger partial charge in [-0.2, -0.15) is 17.7 Å². The summed E-state index contributed by atoms with van der Waals surface area (Å²) in [6, 6.07) is 19.9. The third-order valence-electron chi connectivity index (χ3n) is 8.63. The highest BCUT2D eigenvalue weighted by molar-refractivity contribution is 5.96. The van der Waals surface area contributed by atoms with Crippen molar-refractivity contribution in [1.29, 1.82) is 0 Å². The number of alkyl halides is 3. The van der Waals surface area contributed by atoms with Gasteiger partial charge in [0.2, 0.25) is 11.9 Å². The van der Waals surface area contributed by atoms with Gasteiger partial charge >= 0.3 is 12.3 Å². The predicted octanol–water partition coefficient (Wildman–Crippen LogP) is 5.10. The number of benzene rings is 3. The smallest absolute Gasteiger partial charge is 0.410 e. The number of anilines is 1. The average molecular weight is 646 g/mol. The second-order valence-electron chi connectivity index (χ2n) is 11.6. The predicted molar refractivity (Wildman–Crippen MR) is 166 cm³/mol. The Kier molecular flexibility index (Phi) is 7.57. The Hall–Kier alpha value is -5.40. The first-order valence-corrected chi connectivity index (χ1v) is 15.1. The minimum absolute atomic E-state index is 0.00448. The highest BCUT2D eigenvalue weighted by atomic mass is 19.4. The summed E-state index contributed by atoms with van der Waals surface area (Å²) in [6.45, 7) is 0.344. The first-order valence-electron chi connectivity index (χ1n) is 15.1. The summed E-state index contributed by atoms with van der Waals surface area (Å²) in [4.78, 5) is 37.1. The van der Waals surface area contributed by atoms with Crippen molar-refractivity contribution in [2.75, 3.05) is 32.1 Å². The lowest BCUT2D eigenvalue weighted by Gasteiger charge is -2.24. The molecule has 2 N–H and O–H groups in total. The van der Waals surface area contributed by atoms with E-state index in [0.29, 0.717) is 22.5 Å². The van der Waals surface area contributed by atoms with Crippen LogP contribution in [0.2, 0.25) is 0 Å². The van der Waals surface area contributed by atoms with Crippen LogP contribution in [-0.2, 0) is 21.6 Å². The number of carbonyl (C=O) groups is 2. The highest BCUT2D eigenvalue weighted by Gasteiger charge is 2.65. The van der Waals surface area contributed by atoms with E-state index in [4.69, 9.17) is 14.5 Å². The number of hydrogen-bond acceptors (Lipinski definition) is 8. The highest BCUT2D eigenvalue weighted by Crippen LogP contribution is 2.60. The maximum Gasteiger partial charge on any atom is 0.410 e. The van der Waals surface area contributed by atoms with Gasteiger partial charge in [-0.25, -0.2) is 14.8 Å². The normalized spacial score (nSPS) is 17.7. The monoisotopic (exact) mass is 645 g/mol. The Morgan fingerprint density at radius 3 is 2.51 bits per heavy atom. The summed E-state index contributed by atoms with van der Waals surface area (Å²) in [5.74, 6) is 0.509. The number of nitrogens with zero attached hydrogens (tertiary/aromatic N) is 5. The molecule has 14 heteroatoms. The first-order chi connectivity index (χ1) is 22.7. The van der Waals surface area contributed by atoms with Crippen molar-refractivity contribution in [2.45, 2.75) is 37.1 Å². The van der Waals surface area contributed by atoms with Crippen molar-refractivity contribution in [3.63, 3.8) is 0 Å². The summed E-state index contributed by atoms with van der Waals surface area (Å²) >= 11 is 0. The molecule has 2 fully saturated rings. The maximum absolute atomic E-state index is 14.4. The SMILES string of the molecule is COc1ccc(-c2nc3c4cccc(C5(C(F)(F)F)CC5)c4nc(N[C@@H]4CN(C(=O)OCc5ccccc5)CCNC4=O)n3n2)cc1. The van der Waals surface area contributed by atoms with Gasteiger partial charge in [0.05, 0.1) is 24.6 Å². The quantitative estimate of drug-likeness (QED) is 0.251. The van der Waals surface area contributed by atoms with Crippen LogP contribution in [0.3, 0.4) is 0 Å². The number of hydrogen-bond donors (Lipinski definition) is 2. The lowest BCUT2D eigenvalue weighted by molar-refractivity contribution is -0.160. The standard InChI is InChI=1S/C33H30F3N7O4/c1-46-22-12-10-21(11-13-22)27-40-28-23-8-5-9-24(32(14-15-32)33(34,35)36)26(23)39-30(43(28)41-27)38-25-18-42(17-16-37-29(25)44)31(45)47-19-20-6-3-2-4-7-20/h2-13,25H,14-19H2,1H3,(H,37,44)(H,38,39)/t25-/m1/s1. The molecule has 0 radical (unpaired) electrons. The zero-order valence-electron chi connectivity index (χ0n) is 25.3. The Balaban J connectivity index is 1.28. The van der Waals surface area contributed by atoms with Crippen molar-refractivity contribution in [3.05, 3.63) is 83.9 Å². The number of methoxy groups -OCH3 is 1. The van der Waals surface area contributed by atoms with Crippen LogP contribution < -0.4 is 15.4 Å². The third-order valence-corrected chi connectivity index (χ3v) is 8.63. The van der Waals surface area contributed by atoms with E-state index in [1.165, 1.54) is 15.5 Å². The molecule has 1 aliphatic carbocycles. The van der Waals surface area contributed by atoms with Gasteiger partial charge in [0.15, 0.2) is 11.5 Å². The fourth-order valence-electron chi connectivity index (χ4n) is 5.88. The van der Waals surface area contributed by atoms with Crippen LogP contribution in [0.5, 0.6) is 5.75 Å². The fourth-order valence-corrected chi connectivity index (χ4v) is 5.88. The number of halogens is 3. The minimum atomic E-state index is -4.48. The molecule has 2 aliphatic rings. The second-order valence-corrected chi connectivity index (χ2v) is 11.6. The number of rotatable bonds is 7. The van der Waals surface area contributed by atoms with Gasteiger partial charge in [-0.15, -0.1) is 5.10 Å². The Morgan fingerprint density at radius 2 is 1.81 bits per heavy atom. The maximum atomic E-state index is 14.4. The molecule has 0 spiro atoms. The van der Waals surface area contributed by atoms with E-state index < -0.39 is 29.6 Å². The van der Waals surface area contributed by atoms with Crippen LogP contribution in [0.15, 0.2) is 72.8 Å². The molecule has 1 saturated heterocycles. The molecule has 242 valence electrons. The third kappa shape index (κ3) is 5.64. The van der Waals surface area contributed by atoms with Crippen molar-refractivity contribution in [2.24, 2.45) is 0 Å². The van der Waals surface area contributed by atoms with Crippen LogP contribution >= 0.6 is 0 Å². The van der Waals surface area contributed by atoms with Gasteiger partial charge in [-0.3, -0.25) is 4.79 Å². The summed E-state index contributed by atoms with van der Waals surface area (Å²) in [6.07, 6.45) is -5.20. The van der Waals surface area contributed by atoms with E-state index in [9.17, 15) is 22.8 Å². The fraction of sp³-hybridized carbons (Fsp3) is 0.303. The molecule has 1 aliphatic heterocycles. The Morgan fingerprint density at radius 1 is 1.04 bits per heavy atom. The van der Waals surface area contributed by atoms with E-state index >= 15 is 0 Å². The van der Waals surface area contributed by atoms with Gasteiger partial charge in [0.25, 0.3) is 0 Å². The van der Waals surface area contributed by atoms with Crippen molar-refractivity contribution in [3.8, 4) is 17.1 Å². The number of fused-ring (bicyclic) bond motifs is 3. The largest absolute Gasteiger partial charge is 0.497 e. The zero-order chi connectivity index (χ0) is 32.8.